The molecule has 2 rings (SSSR count). The molecule has 0 aliphatic carbocycles. The van der Waals surface area contributed by atoms with Gasteiger partial charge in [0.15, 0.2) is 0 Å². The van der Waals surface area contributed by atoms with Gasteiger partial charge in [0.1, 0.15) is 11.6 Å². The quantitative estimate of drug-likeness (QED) is 0.690. The number of nitro groups is 1. The van der Waals surface area contributed by atoms with E-state index in [4.69, 9.17) is 21.4 Å². The highest BCUT2D eigenvalue weighted by atomic mass is 35.5. The lowest BCUT2D eigenvalue weighted by molar-refractivity contribution is -0.385. The van der Waals surface area contributed by atoms with Crippen LogP contribution in [-0.4, -0.2) is 10.0 Å². The third kappa shape index (κ3) is 3.04. The molecule has 0 aromatic heterocycles. The van der Waals surface area contributed by atoms with Crippen LogP contribution in [0.4, 0.5) is 10.1 Å². The van der Waals surface area contributed by atoms with Crippen LogP contribution in [0.15, 0.2) is 36.4 Å². The fraction of sp³-hybridized carbons (Fsp3) is 0.0769. The van der Waals surface area contributed by atoms with E-state index in [0.29, 0.717) is 5.56 Å². The Morgan fingerprint density at radius 2 is 2.00 bits per heavy atom. The zero-order valence-corrected chi connectivity index (χ0v) is 10.8. The third-order valence-electron chi connectivity index (χ3n) is 2.52. The van der Waals surface area contributed by atoms with Gasteiger partial charge in [-0.2, -0.15) is 0 Å². The molecule has 0 radical (unpaired) electrons. The molecule has 0 aliphatic rings. The largest absolute Gasteiger partial charge is 0.448 e. The third-order valence-corrected chi connectivity index (χ3v) is 2.81. The van der Waals surface area contributed by atoms with Gasteiger partial charge in [-0.1, -0.05) is 17.7 Å². The summed E-state index contributed by atoms with van der Waals surface area (Å²) in [6.07, 6.45) is 0. The minimum absolute atomic E-state index is 0.137. The molecule has 0 unspecified atom stereocenters. The molecule has 20 heavy (non-hydrogen) atoms. The number of benzene rings is 2. The maximum atomic E-state index is 13.2. The van der Waals surface area contributed by atoms with Gasteiger partial charge in [0.05, 0.1) is 16.6 Å². The van der Waals surface area contributed by atoms with Crippen molar-refractivity contribution < 1.29 is 19.2 Å². The molecule has 1 N–H and O–H groups in total. The van der Waals surface area contributed by atoms with E-state index in [2.05, 4.69) is 0 Å². The lowest BCUT2D eigenvalue weighted by Gasteiger charge is -2.09. The molecule has 7 heteroatoms. The summed E-state index contributed by atoms with van der Waals surface area (Å²) in [4.78, 5) is 10.2. The molecule has 0 spiro atoms. The van der Waals surface area contributed by atoms with Crippen molar-refractivity contribution in [1.29, 1.82) is 0 Å². The van der Waals surface area contributed by atoms with Gasteiger partial charge in [0, 0.05) is 12.1 Å². The SMILES string of the molecule is O=[N+]([O-])c1ccc(F)cc1Oc1ccc(CO)cc1Cl. The Balaban J connectivity index is 2.39. The summed E-state index contributed by atoms with van der Waals surface area (Å²) >= 11 is 5.93. The second-order valence-electron chi connectivity index (χ2n) is 3.89. The van der Waals surface area contributed by atoms with Gasteiger partial charge in [-0.25, -0.2) is 4.39 Å². The average molecular weight is 298 g/mol. The summed E-state index contributed by atoms with van der Waals surface area (Å²) in [5, 5.41) is 20.0. The molecule has 0 saturated heterocycles. The Kier molecular flexibility index (Phi) is 4.16. The molecular weight excluding hydrogens is 289 g/mol. The molecule has 0 heterocycles. The fourth-order valence-electron chi connectivity index (χ4n) is 1.56. The Morgan fingerprint density at radius 1 is 1.25 bits per heavy atom. The molecule has 5 nitrogen and oxygen atoms in total. The normalized spacial score (nSPS) is 10.3. The molecule has 2 aromatic carbocycles. The van der Waals surface area contributed by atoms with Crippen molar-refractivity contribution in [3.63, 3.8) is 0 Å². The molecule has 104 valence electrons. The average Bonchev–Trinajstić information content (AvgIpc) is 2.40. The monoisotopic (exact) mass is 297 g/mol. The van der Waals surface area contributed by atoms with Crippen LogP contribution in [0.5, 0.6) is 11.5 Å². The van der Waals surface area contributed by atoms with Crippen molar-refractivity contribution in [2.75, 3.05) is 0 Å². The van der Waals surface area contributed by atoms with Gasteiger partial charge in [0.25, 0.3) is 0 Å². The highest BCUT2D eigenvalue weighted by Crippen LogP contribution is 2.35. The van der Waals surface area contributed by atoms with E-state index in [1.54, 1.807) is 6.07 Å². The summed E-state index contributed by atoms with van der Waals surface area (Å²) in [6.45, 7) is -0.194. The van der Waals surface area contributed by atoms with Crippen LogP contribution in [0.25, 0.3) is 0 Å². The number of nitrogens with zero attached hydrogens (tertiary/aromatic N) is 1. The molecule has 0 amide bonds. The van der Waals surface area contributed by atoms with E-state index in [9.17, 15) is 14.5 Å². The summed E-state index contributed by atoms with van der Waals surface area (Å²) in [5.41, 5.74) is 0.199. The van der Waals surface area contributed by atoms with Crippen LogP contribution in [0.3, 0.4) is 0 Å². The second-order valence-corrected chi connectivity index (χ2v) is 4.30. The molecule has 0 fully saturated rings. The highest BCUT2D eigenvalue weighted by molar-refractivity contribution is 6.32. The van der Waals surface area contributed by atoms with Crippen molar-refractivity contribution >= 4 is 17.3 Å². The number of aliphatic hydroxyl groups excluding tert-OH is 1. The van der Waals surface area contributed by atoms with Crippen molar-refractivity contribution in [1.82, 2.24) is 0 Å². The van der Waals surface area contributed by atoms with Crippen LogP contribution in [0, 0.1) is 15.9 Å². The lowest BCUT2D eigenvalue weighted by atomic mass is 10.2. The van der Waals surface area contributed by atoms with Crippen molar-refractivity contribution in [3.05, 3.63) is 62.9 Å². The maximum Gasteiger partial charge on any atom is 0.311 e. The van der Waals surface area contributed by atoms with Crippen LogP contribution >= 0.6 is 11.6 Å². The molecule has 0 atom stereocenters. The number of hydrogen-bond acceptors (Lipinski definition) is 4. The van der Waals surface area contributed by atoms with Gasteiger partial charge in [0.2, 0.25) is 5.75 Å². The molecule has 0 aliphatic heterocycles. The van der Waals surface area contributed by atoms with E-state index in [1.165, 1.54) is 12.1 Å². The van der Waals surface area contributed by atoms with Crippen LogP contribution in [0.1, 0.15) is 5.56 Å². The van der Waals surface area contributed by atoms with Gasteiger partial charge in [-0.15, -0.1) is 0 Å². The number of nitro benzene ring substituents is 1. The first-order valence-electron chi connectivity index (χ1n) is 5.52. The summed E-state index contributed by atoms with van der Waals surface area (Å²) < 4.78 is 18.5. The summed E-state index contributed by atoms with van der Waals surface area (Å²) in [5.74, 6) is -0.764. The summed E-state index contributed by atoms with van der Waals surface area (Å²) in [7, 11) is 0. The standard InChI is InChI=1S/C13H9ClFNO4/c14-10-5-8(7-17)1-4-12(10)20-13-6-9(15)2-3-11(13)16(18)19/h1-6,17H,7H2. The van der Waals surface area contributed by atoms with Crippen molar-refractivity contribution in [2.24, 2.45) is 0 Å². The molecule has 0 saturated carbocycles. The molecular formula is C13H9ClFNO4. The predicted molar refractivity (Wildman–Crippen MR) is 70.5 cm³/mol. The Hall–Kier alpha value is -2.18. The summed E-state index contributed by atoms with van der Waals surface area (Å²) in [6, 6.07) is 7.35. The fourth-order valence-corrected chi connectivity index (χ4v) is 1.81. The zero-order chi connectivity index (χ0) is 14.7. The topological polar surface area (TPSA) is 72.6 Å². The molecule has 0 bridgehead atoms. The predicted octanol–water partition coefficient (Wildman–Crippen LogP) is 3.67. The highest BCUT2D eigenvalue weighted by Gasteiger charge is 2.17. The maximum absolute atomic E-state index is 13.2. The van der Waals surface area contributed by atoms with E-state index < -0.39 is 10.7 Å². The van der Waals surface area contributed by atoms with Gasteiger partial charge < -0.3 is 9.84 Å². The van der Waals surface area contributed by atoms with Gasteiger partial charge in [-0.3, -0.25) is 10.1 Å². The Morgan fingerprint density at radius 3 is 2.60 bits per heavy atom. The van der Waals surface area contributed by atoms with Gasteiger partial charge in [-0.05, 0) is 23.8 Å². The molecule has 2 aromatic rings. The smallest absolute Gasteiger partial charge is 0.311 e. The van der Waals surface area contributed by atoms with Gasteiger partial charge >= 0.3 is 5.69 Å². The first-order valence-corrected chi connectivity index (χ1v) is 5.90. The first-order chi connectivity index (χ1) is 9.51. The van der Waals surface area contributed by atoms with E-state index in [1.807, 2.05) is 0 Å². The van der Waals surface area contributed by atoms with Crippen molar-refractivity contribution in [3.8, 4) is 11.5 Å². The van der Waals surface area contributed by atoms with Crippen molar-refractivity contribution in [2.45, 2.75) is 6.61 Å². The minimum atomic E-state index is -0.676. The number of hydrogen-bond donors (Lipinski definition) is 1. The second kappa shape index (κ2) is 5.85. The number of rotatable bonds is 4. The Labute approximate surface area is 118 Å². The van der Waals surface area contributed by atoms with Crippen LogP contribution in [-0.2, 0) is 6.61 Å². The number of halogens is 2. The zero-order valence-electron chi connectivity index (χ0n) is 10.0. The van der Waals surface area contributed by atoms with Crippen LogP contribution < -0.4 is 4.74 Å². The minimum Gasteiger partial charge on any atom is -0.448 e. The first kappa shape index (κ1) is 14.2. The lowest BCUT2D eigenvalue weighted by Crippen LogP contribution is -1.95. The van der Waals surface area contributed by atoms with E-state index >= 15 is 0 Å². The Bertz CT molecular complexity index is 663. The van der Waals surface area contributed by atoms with E-state index in [-0.39, 0.29) is 28.8 Å². The van der Waals surface area contributed by atoms with Crippen LogP contribution in [0.2, 0.25) is 5.02 Å². The number of ether oxygens (including phenoxy) is 1. The van der Waals surface area contributed by atoms with E-state index in [0.717, 1.165) is 18.2 Å². The number of aliphatic hydroxyl groups is 1.